The molecule has 1 atom stereocenters. The van der Waals surface area contributed by atoms with Gasteiger partial charge in [0.1, 0.15) is 11.6 Å². The number of aryl methyl sites for hydroxylation is 2. The first-order chi connectivity index (χ1) is 9.61. The molecule has 5 nitrogen and oxygen atoms in total. The SMILES string of the molecule is CCOc1ccc(N)c(S(=O)CCc2nccn2C)c1. The van der Waals surface area contributed by atoms with Crippen LogP contribution < -0.4 is 10.5 Å². The standard InChI is InChI=1S/C14H19N3O2S/c1-3-19-11-4-5-12(15)13(10-11)20(18)9-6-14-16-7-8-17(14)2/h4-5,7-8,10H,3,6,9,15H2,1-2H3. The summed E-state index contributed by atoms with van der Waals surface area (Å²) in [6, 6.07) is 5.28. The van der Waals surface area contributed by atoms with E-state index in [0.717, 1.165) is 5.82 Å². The molecule has 0 spiro atoms. The molecule has 0 aliphatic heterocycles. The van der Waals surface area contributed by atoms with Gasteiger partial charge in [0.25, 0.3) is 0 Å². The topological polar surface area (TPSA) is 70.1 Å². The van der Waals surface area contributed by atoms with Gasteiger partial charge in [0.2, 0.25) is 0 Å². The smallest absolute Gasteiger partial charge is 0.120 e. The molecule has 0 radical (unpaired) electrons. The van der Waals surface area contributed by atoms with Gasteiger partial charge < -0.3 is 15.0 Å². The van der Waals surface area contributed by atoms with Crippen LogP contribution in [0, 0.1) is 0 Å². The summed E-state index contributed by atoms with van der Waals surface area (Å²) in [6.07, 6.45) is 4.26. The molecular weight excluding hydrogens is 274 g/mol. The van der Waals surface area contributed by atoms with Crippen molar-refractivity contribution in [3.05, 3.63) is 36.4 Å². The maximum Gasteiger partial charge on any atom is 0.120 e. The van der Waals surface area contributed by atoms with Gasteiger partial charge in [-0.3, -0.25) is 4.21 Å². The van der Waals surface area contributed by atoms with Crippen molar-refractivity contribution in [2.75, 3.05) is 18.1 Å². The maximum atomic E-state index is 12.4. The van der Waals surface area contributed by atoms with Crippen molar-refractivity contribution in [3.63, 3.8) is 0 Å². The highest BCUT2D eigenvalue weighted by atomic mass is 32.2. The van der Waals surface area contributed by atoms with E-state index in [-0.39, 0.29) is 0 Å². The summed E-state index contributed by atoms with van der Waals surface area (Å²) in [5.74, 6) is 2.10. The largest absolute Gasteiger partial charge is 0.494 e. The fourth-order valence-electron chi connectivity index (χ4n) is 1.90. The number of rotatable bonds is 6. The zero-order valence-corrected chi connectivity index (χ0v) is 12.5. The Hall–Kier alpha value is -1.82. The molecule has 1 unspecified atom stereocenters. The van der Waals surface area contributed by atoms with Crippen molar-refractivity contribution < 1.29 is 8.95 Å². The minimum Gasteiger partial charge on any atom is -0.494 e. The van der Waals surface area contributed by atoms with Crippen LogP contribution in [0.5, 0.6) is 5.75 Å². The molecule has 2 aromatic rings. The first-order valence-electron chi connectivity index (χ1n) is 6.48. The van der Waals surface area contributed by atoms with Gasteiger partial charge in [0.15, 0.2) is 0 Å². The number of nitrogens with zero attached hydrogens (tertiary/aromatic N) is 2. The van der Waals surface area contributed by atoms with Crippen LogP contribution in [0.25, 0.3) is 0 Å². The minimum atomic E-state index is -1.16. The number of ether oxygens (including phenoxy) is 1. The number of hydrogen-bond donors (Lipinski definition) is 1. The van der Waals surface area contributed by atoms with Crippen molar-refractivity contribution in [2.45, 2.75) is 18.2 Å². The van der Waals surface area contributed by atoms with Crippen LogP contribution in [0.3, 0.4) is 0 Å². The number of benzene rings is 1. The maximum absolute atomic E-state index is 12.4. The van der Waals surface area contributed by atoms with Crippen molar-refractivity contribution >= 4 is 16.5 Å². The Morgan fingerprint density at radius 3 is 2.90 bits per heavy atom. The molecule has 0 amide bonds. The number of nitrogens with two attached hydrogens (primary N) is 1. The Bertz CT molecular complexity index is 610. The molecule has 1 aromatic carbocycles. The van der Waals surface area contributed by atoms with Gasteiger partial charge in [-0.1, -0.05) is 0 Å². The lowest BCUT2D eigenvalue weighted by atomic mass is 10.3. The summed E-state index contributed by atoms with van der Waals surface area (Å²) in [5.41, 5.74) is 6.43. The molecule has 108 valence electrons. The quantitative estimate of drug-likeness (QED) is 0.824. The number of imidazole rings is 1. The van der Waals surface area contributed by atoms with E-state index < -0.39 is 10.8 Å². The molecule has 1 heterocycles. The van der Waals surface area contributed by atoms with E-state index in [1.54, 1.807) is 24.4 Å². The highest BCUT2D eigenvalue weighted by Crippen LogP contribution is 2.23. The first kappa shape index (κ1) is 14.6. The van der Waals surface area contributed by atoms with E-state index >= 15 is 0 Å². The van der Waals surface area contributed by atoms with Crippen LogP contribution in [-0.4, -0.2) is 26.1 Å². The second kappa shape index (κ2) is 6.56. The second-order valence-electron chi connectivity index (χ2n) is 4.39. The third-order valence-corrected chi connectivity index (χ3v) is 4.39. The van der Waals surface area contributed by atoms with Crippen LogP contribution >= 0.6 is 0 Å². The molecule has 2 rings (SSSR count). The molecule has 0 fully saturated rings. The lowest BCUT2D eigenvalue weighted by molar-refractivity contribution is 0.339. The van der Waals surface area contributed by atoms with Gasteiger partial charge in [0, 0.05) is 37.3 Å². The Morgan fingerprint density at radius 1 is 1.45 bits per heavy atom. The zero-order chi connectivity index (χ0) is 14.5. The predicted molar refractivity (Wildman–Crippen MR) is 80.2 cm³/mol. The lowest BCUT2D eigenvalue weighted by Crippen LogP contribution is -2.08. The molecule has 0 saturated carbocycles. The van der Waals surface area contributed by atoms with E-state index in [9.17, 15) is 4.21 Å². The fraction of sp³-hybridized carbons (Fsp3) is 0.357. The fourth-order valence-corrected chi connectivity index (χ4v) is 3.07. The van der Waals surface area contributed by atoms with Gasteiger partial charge in [0.05, 0.1) is 22.3 Å². The third kappa shape index (κ3) is 3.39. The van der Waals surface area contributed by atoms with Crippen molar-refractivity contribution in [1.82, 2.24) is 9.55 Å². The van der Waals surface area contributed by atoms with Crippen LogP contribution in [0.4, 0.5) is 5.69 Å². The van der Waals surface area contributed by atoms with Crippen LogP contribution in [0.1, 0.15) is 12.7 Å². The van der Waals surface area contributed by atoms with Crippen molar-refractivity contribution in [3.8, 4) is 5.75 Å². The average Bonchev–Trinajstić information content (AvgIpc) is 2.84. The predicted octanol–water partition coefficient (Wildman–Crippen LogP) is 1.75. The van der Waals surface area contributed by atoms with Crippen LogP contribution in [0.15, 0.2) is 35.5 Å². The monoisotopic (exact) mass is 293 g/mol. The summed E-state index contributed by atoms with van der Waals surface area (Å²) in [7, 11) is 0.766. The summed E-state index contributed by atoms with van der Waals surface area (Å²) in [4.78, 5) is 4.85. The molecular formula is C14H19N3O2S. The highest BCUT2D eigenvalue weighted by molar-refractivity contribution is 7.85. The van der Waals surface area contributed by atoms with E-state index in [2.05, 4.69) is 4.98 Å². The molecule has 6 heteroatoms. The molecule has 20 heavy (non-hydrogen) atoms. The van der Waals surface area contributed by atoms with Crippen LogP contribution in [-0.2, 0) is 24.3 Å². The summed E-state index contributed by atoms with van der Waals surface area (Å²) in [5, 5.41) is 0. The van der Waals surface area contributed by atoms with Crippen molar-refractivity contribution in [2.24, 2.45) is 7.05 Å². The third-order valence-electron chi connectivity index (χ3n) is 2.97. The Morgan fingerprint density at radius 2 is 2.25 bits per heavy atom. The number of anilines is 1. The summed E-state index contributed by atoms with van der Waals surface area (Å²) >= 11 is 0. The van der Waals surface area contributed by atoms with Gasteiger partial charge in [-0.25, -0.2) is 4.98 Å². The van der Waals surface area contributed by atoms with Gasteiger partial charge in [-0.05, 0) is 25.1 Å². The number of hydrogen-bond acceptors (Lipinski definition) is 4. The minimum absolute atomic E-state index is 0.491. The average molecular weight is 293 g/mol. The van der Waals surface area contributed by atoms with Gasteiger partial charge in [-0.2, -0.15) is 0 Å². The second-order valence-corrected chi connectivity index (χ2v) is 5.93. The molecule has 1 aromatic heterocycles. The van der Waals surface area contributed by atoms with Gasteiger partial charge >= 0.3 is 0 Å². The van der Waals surface area contributed by atoms with E-state index in [0.29, 0.717) is 35.1 Å². The Kier molecular flexibility index (Phi) is 4.79. The molecule has 0 aliphatic carbocycles. The number of aromatic nitrogens is 2. The highest BCUT2D eigenvalue weighted by Gasteiger charge is 2.11. The molecule has 0 saturated heterocycles. The Balaban J connectivity index is 2.08. The van der Waals surface area contributed by atoms with Crippen LogP contribution in [0.2, 0.25) is 0 Å². The Labute approximate surface area is 121 Å². The van der Waals surface area contributed by atoms with E-state index in [4.69, 9.17) is 10.5 Å². The summed E-state index contributed by atoms with van der Waals surface area (Å²) < 4.78 is 19.7. The lowest BCUT2D eigenvalue weighted by Gasteiger charge is -2.09. The molecule has 2 N–H and O–H groups in total. The molecule has 0 aliphatic rings. The first-order valence-corrected chi connectivity index (χ1v) is 7.80. The summed E-state index contributed by atoms with van der Waals surface area (Å²) in [6.45, 7) is 2.48. The zero-order valence-electron chi connectivity index (χ0n) is 11.7. The van der Waals surface area contributed by atoms with E-state index in [1.165, 1.54) is 0 Å². The molecule has 0 bridgehead atoms. The van der Waals surface area contributed by atoms with E-state index in [1.807, 2.05) is 24.7 Å². The van der Waals surface area contributed by atoms with Gasteiger partial charge in [-0.15, -0.1) is 0 Å². The number of nitrogen functional groups attached to an aromatic ring is 1. The normalized spacial score (nSPS) is 12.3. The van der Waals surface area contributed by atoms with Crippen molar-refractivity contribution in [1.29, 1.82) is 0 Å².